The molecule has 1 aliphatic heterocycles. The molecule has 2 aromatic carbocycles. The number of carboxylic acids is 1. The molecule has 2 aliphatic carbocycles. The van der Waals surface area contributed by atoms with Crippen LogP contribution in [0, 0.1) is 25.6 Å². The van der Waals surface area contributed by atoms with Crippen molar-refractivity contribution in [2.75, 3.05) is 18.4 Å². The van der Waals surface area contributed by atoms with Crippen LogP contribution in [0.15, 0.2) is 54.7 Å². The first-order valence-electron chi connectivity index (χ1n) is 16.0. The summed E-state index contributed by atoms with van der Waals surface area (Å²) in [5, 5.41) is 17.4. The highest BCUT2D eigenvalue weighted by molar-refractivity contribution is 5.88. The fourth-order valence-corrected chi connectivity index (χ4v) is 7.09. The third-order valence-electron chi connectivity index (χ3n) is 9.84. The molecule has 1 saturated carbocycles. The number of benzene rings is 2. The minimum Gasteiger partial charge on any atom is -0.478 e. The number of nitrogens with zero attached hydrogens (tertiary/aromatic N) is 4. The summed E-state index contributed by atoms with van der Waals surface area (Å²) >= 11 is 0. The molecular weight excluding hydrogens is 569 g/mol. The molecule has 2 N–H and O–H groups in total. The first-order chi connectivity index (χ1) is 21.8. The van der Waals surface area contributed by atoms with Crippen molar-refractivity contribution in [3.8, 4) is 17.1 Å². The lowest BCUT2D eigenvalue weighted by atomic mass is 9.87. The van der Waals surface area contributed by atoms with E-state index < -0.39 is 5.97 Å². The Hall–Kier alpha value is -4.53. The molecule has 0 bridgehead atoms. The van der Waals surface area contributed by atoms with Gasteiger partial charge in [0, 0.05) is 30.8 Å². The number of carbonyl (C=O) groups excluding carboxylic acids is 1. The Morgan fingerprint density at radius 3 is 2.53 bits per heavy atom. The van der Waals surface area contributed by atoms with Crippen molar-refractivity contribution < 1.29 is 19.1 Å². The maximum atomic E-state index is 15.7. The van der Waals surface area contributed by atoms with Gasteiger partial charge in [0.05, 0.1) is 23.6 Å². The smallest absolute Gasteiger partial charge is 0.339 e. The number of aromatic carboxylic acids is 1. The zero-order chi connectivity index (χ0) is 31.2. The van der Waals surface area contributed by atoms with Gasteiger partial charge < -0.3 is 15.3 Å². The lowest BCUT2D eigenvalue weighted by molar-refractivity contribution is -0.132. The molecular formula is C36H38FN5O3. The minimum atomic E-state index is -1.02. The zero-order valence-electron chi connectivity index (χ0n) is 25.7. The van der Waals surface area contributed by atoms with E-state index >= 15 is 4.39 Å². The molecule has 7 rings (SSSR count). The Labute approximate surface area is 262 Å². The largest absolute Gasteiger partial charge is 0.478 e. The maximum Gasteiger partial charge on any atom is 0.339 e. The average Bonchev–Trinajstić information content (AvgIpc) is 3.63. The van der Waals surface area contributed by atoms with Crippen molar-refractivity contribution in [1.29, 1.82) is 0 Å². The third kappa shape index (κ3) is 5.72. The number of anilines is 1. The highest BCUT2D eigenvalue weighted by Crippen LogP contribution is 2.42. The van der Waals surface area contributed by atoms with E-state index in [0.717, 1.165) is 59.3 Å². The maximum absolute atomic E-state index is 15.7. The third-order valence-corrected chi connectivity index (χ3v) is 9.84. The van der Waals surface area contributed by atoms with Crippen molar-refractivity contribution in [3.05, 3.63) is 94.1 Å². The Morgan fingerprint density at radius 2 is 1.80 bits per heavy atom. The number of aromatic nitrogens is 3. The predicted molar refractivity (Wildman–Crippen MR) is 170 cm³/mol. The van der Waals surface area contributed by atoms with Crippen molar-refractivity contribution in [2.24, 2.45) is 5.92 Å². The topological polar surface area (TPSA) is 100 Å². The molecule has 1 atom stereocenters. The molecule has 232 valence electrons. The van der Waals surface area contributed by atoms with Gasteiger partial charge in [0.1, 0.15) is 11.4 Å². The van der Waals surface area contributed by atoms with Crippen LogP contribution in [-0.2, 0) is 11.2 Å². The van der Waals surface area contributed by atoms with E-state index in [1.54, 1.807) is 17.7 Å². The number of pyridine rings is 1. The van der Waals surface area contributed by atoms with Gasteiger partial charge in [0.25, 0.3) is 0 Å². The molecule has 8 nitrogen and oxygen atoms in total. The molecule has 4 aromatic rings. The van der Waals surface area contributed by atoms with Crippen LogP contribution in [-0.4, -0.2) is 49.7 Å². The second-order valence-corrected chi connectivity index (χ2v) is 12.8. The van der Waals surface area contributed by atoms with Gasteiger partial charge in [-0.1, -0.05) is 30.3 Å². The van der Waals surface area contributed by atoms with E-state index in [9.17, 15) is 14.7 Å². The Bertz CT molecular complexity index is 1790. The fourth-order valence-electron chi connectivity index (χ4n) is 7.09. The summed E-state index contributed by atoms with van der Waals surface area (Å²) in [6.45, 7) is 5.15. The first-order valence-corrected chi connectivity index (χ1v) is 16.0. The molecule has 3 aliphatic rings. The number of likely N-dealkylation sites (tertiary alicyclic amines) is 1. The zero-order valence-corrected chi connectivity index (χ0v) is 25.7. The minimum absolute atomic E-state index is 0.0172. The van der Waals surface area contributed by atoms with Crippen molar-refractivity contribution in [2.45, 2.75) is 70.8 Å². The van der Waals surface area contributed by atoms with Crippen LogP contribution in [0.4, 0.5) is 10.1 Å². The monoisotopic (exact) mass is 607 g/mol. The standard InChI is InChI=1S/C36H38FN5O3/c1-21-17-27(24-13-15-41(16-14-24)34(43)18-23-9-10-23)29(37)19-32(21)39-31-12-11-25-5-3-6-26(35(25)31)30-7-4-8-33(40-30)42-22(2)28(20-38-42)36(44)45/h3-8,17,19-20,23-24,31,39H,9-16,18H2,1-2H3,(H,44,45). The highest BCUT2D eigenvalue weighted by Gasteiger charge is 2.31. The fraction of sp³-hybridized carbons (Fsp3) is 0.389. The highest BCUT2D eigenvalue weighted by atomic mass is 19.1. The van der Waals surface area contributed by atoms with Gasteiger partial charge in [0.2, 0.25) is 5.91 Å². The van der Waals surface area contributed by atoms with Gasteiger partial charge >= 0.3 is 5.97 Å². The number of carbonyl (C=O) groups is 2. The number of nitrogens with one attached hydrogen (secondary N) is 1. The molecule has 45 heavy (non-hydrogen) atoms. The average molecular weight is 608 g/mol. The molecule has 0 spiro atoms. The van der Waals surface area contributed by atoms with Gasteiger partial charge in [-0.15, -0.1) is 0 Å². The molecule has 1 saturated heterocycles. The molecule has 2 aromatic heterocycles. The van der Waals surface area contributed by atoms with Crippen molar-refractivity contribution >= 4 is 17.6 Å². The van der Waals surface area contributed by atoms with E-state index in [1.165, 1.54) is 24.6 Å². The predicted octanol–water partition coefficient (Wildman–Crippen LogP) is 6.99. The number of carboxylic acid groups (broad SMARTS) is 1. The van der Waals surface area contributed by atoms with Gasteiger partial charge in [-0.3, -0.25) is 4.79 Å². The molecule has 1 unspecified atom stereocenters. The number of hydrogen-bond donors (Lipinski definition) is 2. The van der Waals surface area contributed by atoms with E-state index in [-0.39, 0.29) is 29.2 Å². The normalized spacial score (nSPS) is 18.2. The van der Waals surface area contributed by atoms with E-state index in [1.807, 2.05) is 42.2 Å². The summed E-state index contributed by atoms with van der Waals surface area (Å²) in [4.78, 5) is 31.0. The molecule has 3 heterocycles. The quantitative estimate of drug-likeness (QED) is 0.224. The van der Waals surface area contributed by atoms with Crippen LogP contribution in [0.25, 0.3) is 17.1 Å². The molecule has 9 heteroatoms. The van der Waals surface area contributed by atoms with Crippen LogP contribution >= 0.6 is 0 Å². The first kappa shape index (κ1) is 29.2. The Balaban J connectivity index is 1.11. The van der Waals surface area contributed by atoms with Gasteiger partial charge in [-0.2, -0.15) is 5.10 Å². The summed E-state index contributed by atoms with van der Waals surface area (Å²) in [7, 11) is 0. The Morgan fingerprint density at radius 1 is 1.02 bits per heavy atom. The molecule has 0 radical (unpaired) electrons. The van der Waals surface area contributed by atoms with Crippen LogP contribution in [0.5, 0.6) is 0 Å². The number of rotatable bonds is 8. The second kappa shape index (κ2) is 11.8. The summed E-state index contributed by atoms with van der Waals surface area (Å²) in [6, 6.07) is 15.5. The second-order valence-electron chi connectivity index (χ2n) is 12.8. The number of fused-ring (bicyclic) bond motifs is 1. The molecule has 1 amide bonds. The Kier molecular flexibility index (Phi) is 7.63. The summed E-state index contributed by atoms with van der Waals surface area (Å²) in [6.07, 6.45) is 7.73. The molecule has 2 fully saturated rings. The van der Waals surface area contributed by atoms with Crippen LogP contribution in [0.1, 0.15) is 88.8 Å². The van der Waals surface area contributed by atoms with Gasteiger partial charge in [0.15, 0.2) is 5.82 Å². The number of aryl methyl sites for hydroxylation is 2. The van der Waals surface area contributed by atoms with Gasteiger partial charge in [-0.25, -0.2) is 18.9 Å². The van der Waals surface area contributed by atoms with Crippen LogP contribution < -0.4 is 5.32 Å². The van der Waals surface area contributed by atoms with Crippen molar-refractivity contribution in [3.63, 3.8) is 0 Å². The van der Waals surface area contributed by atoms with Crippen molar-refractivity contribution in [1.82, 2.24) is 19.7 Å². The summed E-state index contributed by atoms with van der Waals surface area (Å²) in [5.41, 5.74) is 7.35. The summed E-state index contributed by atoms with van der Waals surface area (Å²) in [5.74, 6) is 0.288. The van der Waals surface area contributed by atoms with Crippen LogP contribution in [0.2, 0.25) is 0 Å². The number of piperidine rings is 1. The number of halogens is 1. The summed E-state index contributed by atoms with van der Waals surface area (Å²) < 4.78 is 17.2. The number of hydrogen-bond acceptors (Lipinski definition) is 5. The van der Waals surface area contributed by atoms with Gasteiger partial charge in [-0.05, 0) is 105 Å². The number of amides is 1. The van der Waals surface area contributed by atoms with Crippen LogP contribution in [0.3, 0.4) is 0 Å². The van der Waals surface area contributed by atoms with E-state index in [2.05, 4.69) is 22.5 Å². The van der Waals surface area contributed by atoms with E-state index in [4.69, 9.17) is 4.98 Å². The lowest BCUT2D eigenvalue weighted by Crippen LogP contribution is -2.38. The lowest BCUT2D eigenvalue weighted by Gasteiger charge is -2.33. The SMILES string of the molecule is Cc1cc(C2CCN(C(=O)CC3CC3)CC2)c(F)cc1NC1CCc2cccc(-c3cccc(-n4ncc(C(=O)O)c4C)n3)c21. The van der Waals surface area contributed by atoms with E-state index in [0.29, 0.717) is 36.9 Å².